The SMILES string of the molecule is CCOC1CCCN(C(CN)c2cccc(C(F)F)c2)C1. The second-order valence-electron chi connectivity index (χ2n) is 5.44. The summed E-state index contributed by atoms with van der Waals surface area (Å²) in [6, 6.07) is 6.58. The largest absolute Gasteiger partial charge is 0.377 e. The number of piperidine rings is 1. The van der Waals surface area contributed by atoms with Gasteiger partial charge >= 0.3 is 0 Å². The van der Waals surface area contributed by atoms with Crippen LogP contribution in [-0.2, 0) is 4.74 Å². The van der Waals surface area contributed by atoms with Gasteiger partial charge in [-0.15, -0.1) is 0 Å². The monoisotopic (exact) mass is 298 g/mol. The van der Waals surface area contributed by atoms with Gasteiger partial charge in [-0.25, -0.2) is 8.78 Å². The maximum atomic E-state index is 12.9. The molecule has 5 heteroatoms. The van der Waals surface area contributed by atoms with Gasteiger partial charge < -0.3 is 10.5 Å². The number of alkyl halides is 2. The van der Waals surface area contributed by atoms with E-state index in [1.807, 2.05) is 13.0 Å². The third-order valence-corrected chi connectivity index (χ3v) is 4.02. The predicted octanol–water partition coefficient (Wildman–Crippen LogP) is 3.12. The number of ether oxygens (including phenoxy) is 1. The Kier molecular flexibility index (Phi) is 6.08. The number of nitrogens with two attached hydrogens (primary N) is 1. The van der Waals surface area contributed by atoms with Gasteiger partial charge in [0, 0.05) is 31.3 Å². The number of hydrogen-bond donors (Lipinski definition) is 1. The number of benzene rings is 1. The van der Waals surface area contributed by atoms with Gasteiger partial charge in [0.05, 0.1) is 6.10 Å². The zero-order chi connectivity index (χ0) is 15.2. The maximum absolute atomic E-state index is 12.9. The summed E-state index contributed by atoms with van der Waals surface area (Å²) >= 11 is 0. The molecule has 1 saturated heterocycles. The minimum absolute atomic E-state index is 0.0213. The summed E-state index contributed by atoms with van der Waals surface area (Å²) in [5.74, 6) is 0. The van der Waals surface area contributed by atoms with Crippen LogP contribution >= 0.6 is 0 Å². The Morgan fingerprint density at radius 2 is 2.14 bits per heavy atom. The second-order valence-corrected chi connectivity index (χ2v) is 5.44. The highest BCUT2D eigenvalue weighted by atomic mass is 19.3. The van der Waals surface area contributed by atoms with Gasteiger partial charge in [0.25, 0.3) is 6.43 Å². The normalized spacial score (nSPS) is 21.7. The van der Waals surface area contributed by atoms with Gasteiger partial charge in [-0.1, -0.05) is 18.2 Å². The minimum Gasteiger partial charge on any atom is -0.377 e. The Bertz CT molecular complexity index is 440. The van der Waals surface area contributed by atoms with Crippen molar-refractivity contribution in [2.75, 3.05) is 26.2 Å². The molecule has 0 aliphatic carbocycles. The van der Waals surface area contributed by atoms with Crippen molar-refractivity contribution in [1.29, 1.82) is 0 Å². The van der Waals surface area contributed by atoms with Crippen LogP contribution in [0.2, 0.25) is 0 Å². The first-order valence-electron chi connectivity index (χ1n) is 7.59. The van der Waals surface area contributed by atoms with Crippen molar-refractivity contribution in [3.05, 3.63) is 35.4 Å². The smallest absolute Gasteiger partial charge is 0.263 e. The van der Waals surface area contributed by atoms with E-state index in [1.165, 1.54) is 6.07 Å². The molecule has 1 heterocycles. The van der Waals surface area contributed by atoms with Crippen LogP contribution in [0.4, 0.5) is 8.78 Å². The highest BCUT2D eigenvalue weighted by Crippen LogP contribution is 2.28. The molecule has 0 aromatic heterocycles. The van der Waals surface area contributed by atoms with Crippen LogP contribution in [0.1, 0.15) is 43.4 Å². The molecule has 2 N–H and O–H groups in total. The highest BCUT2D eigenvalue weighted by molar-refractivity contribution is 5.27. The van der Waals surface area contributed by atoms with Crippen LogP contribution < -0.4 is 5.73 Å². The fraction of sp³-hybridized carbons (Fsp3) is 0.625. The van der Waals surface area contributed by atoms with E-state index >= 15 is 0 Å². The molecule has 0 bridgehead atoms. The standard InChI is InChI=1S/C16H24F2N2O/c1-2-21-14-7-4-8-20(11-14)15(10-19)12-5-3-6-13(9-12)16(17)18/h3,5-6,9,14-16H,2,4,7-8,10-11,19H2,1H3. The molecule has 1 aliphatic heterocycles. The van der Waals surface area contributed by atoms with Gasteiger partial charge in [-0.3, -0.25) is 4.90 Å². The maximum Gasteiger partial charge on any atom is 0.263 e. The number of rotatable bonds is 6. The average molecular weight is 298 g/mol. The van der Waals surface area contributed by atoms with Crippen molar-refractivity contribution < 1.29 is 13.5 Å². The number of likely N-dealkylation sites (tertiary alicyclic amines) is 1. The molecule has 0 radical (unpaired) electrons. The van der Waals surface area contributed by atoms with Crippen molar-refractivity contribution in [3.63, 3.8) is 0 Å². The average Bonchev–Trinajstić information content (AvgIpc) is 2.49. The molecule has 1 aromatic rings. The molecule has 2 atom stereocenters. The summed E-state index contributed by atoms with van der Waals surface area (Å²) in [5, 5.41) is 0. The van der Waals surface area contributed by atoms with E-state index in [0.717, 1.165) is 31.5 Å². The van der Waals surface area contributed by atoms with E-state index in [1.54, 1.807) is 12.1 Å². The first kappa shape index (κ1) is 16.3. The lowest BCUT2D eigenvalue weighted by molar-refractivity contribution is -0.00663. The Balaban J connectivity index is 2.13. The molecule has 2 unspecified atom stereocenters. The van der Waals surface area contributed by atoms with E-state index < -0.39 is 6.43 Å². The molecule has 0 amide bonds. The molecule has 3 nitrogen and oxygen atoms in total. The van der Waals surface area contributed by atoms with Crippen LogP contribution in [-0.4, -0.2) is 37.2 Å². The van der Waals surface area contributed by atoms with E-state index in [0.29, 0.717) is 13.2 Å². The van der Waals surface area contributed by atoms with Crippen molar-refractivity contribution in [1.82, 2.24) is 4.90 Å². The predicted molar refractivity (Wildman–Crippen MR) is 79.4 cm³/mol. The number of hydrogen-bond acceptors (Lipinski definition) is 3. The second kappa shape index (κ2) is 7.82. The molecule has 1 aromatic carbocycles. The third kappa shape index (κ3) is 4.22. The number of halogens is 2. The van der Waals surface area contributed by atoms with Crippen LogP contribution in [0, 0.1) is 0 Å². The Morgan fingerprint density at radius 1 is 1.38 bits per heavy atom. The zero-order valence-electron chi connectivity index (χ0n) is 12.5. The quantitative estimate of drug-likeness (QED) is 0.877. The van der Waals surface area contributed by atoms with Crippen molar-refractivity contribution >= 4 is 0 Å². The minimum atomic E-state index is -2.44. The molecule has 2 rings (SSSR count). The third-order valence-electron chi connectivity index (χ3n) is 4.02. The lowest BCUT2D eigenvalue weighted by Crippen LogP contribution is -2.44. The summed E-state index contributed by atoms with van der Waals surface area (Å²) in [7, 11) is 0. The van der Waals surface area contributed by atoms with E-state index in [9.17, 15) is 8.78 Å². The van der Waals surface area contributed by atoms with E-state index in [4.69, 9.17) is 10.5 Å². The molecule has 118 valence electrons. The zero-order valence-corrected chi connectivity index (χ0v) is 12.5. The van der Waals surface area contributed by atoms with Gasteiger partial charge in [-0.2, -0.15) is 0 Å². The van der Waals surface area contributed by atoms with Gasteiger partial charge in [0.2, 0.25) is 0 Å². The molecular weight excluding hydrogens is 274 g/mol. The van der Waals surface area contributed by atoms with Crippen molar-refractivity contribution in [2.24, 2.45) is 5.73 Å². The van der Waals surface area contributed by atoms with Crippen LogP contribution in [0.3, 0.4) is 0 Å². The molecule has 0 spiro atoms. The number of nitrogens with zero attached hydrogens (tertiary/aromatic N) is 1. The molecular formula is C16H24F2N2O. The summed E-state index contributed by atoms with van der Waals surface area (Å²) in [6.45, 7) is 4.86. The first-order valence-corrected chi connectivity index (χ1v) is 7.59. The van der Waals surface area contributed by atoms with E-state index in [-0.39, 0.29) is 17.7 Å². The Hall–Kier alpha value is -1.04. The van der Waals surface area contributed by atoms with E-state index in [2.05, 4.69) is 4.90 Å². The fourth-order valence-corrected chi connectivity index (χ4v) is 3.02. The highest BCUT2D eigenvalue weighted by Gasteiger charge is 2.26. The Morgan fingerprint density at radius 3 is 2.81 bits per heavy atom. The fourth-order valence-electron chi connectivity index (χ4n) is 3.02. The topological polar surface area (TPSA) is 38.5 Å². The molecule has 21 heavy (non-hydrogen) atoms. The van der Waals surface area contributed by atoms with Gasteiger partial charge in [0.1, 0.15) is 0 Å². The van der Waals surface area contributed by atoms with Crippen LogP contribution in [0.15, 0.2) is 24.3 Å². The van der Waals surface area contributed by atoms with Crippen molar-refractivity contribution in [3.8, 4) is 0 Å². The van der Waals surface area contributed by atoms with Crippen LogP contribution in [0.5, 0.6) is 0 Å². The Labute approximate surface area is 125 Å². The summed E-state index contributed by atoms with van der Waals surface area (Å²) < 4.78 is 31.4. The lowest BCUT2D eigenvalue weighted by Gasteiger charge is -2.38. The summed E-state index contributed by atoms with van der Waals surface area (Å²) in [6.07, 6.45) is -0.119. The van der Waals surface area contributed by atoms with Crippen molar-refractivity contribution in [2.45, 2.75) is 38.3 Å². The summed E-state index contributed by atoms with van der Waals surface area (Å²) in [4.78, 5) is 2.26. The molecule has 1 aliphatic rings. The van der Waals surface area contributed by atoms with Gasteiger partial charge in [0.15, 0.2) is 0 Å². The lowest BCUT2D eigenvalue weighted by atomic mass is 9.99. The molecule has 0 saturated carbocycles. The van der Waals surface area contributed by atoms with Crippen LogP contribution in [0.25, 0.3) is 0 Å². The summed E-state index contributed by atoms with van der Waals surface area (Å²) in [5.41, 5.74) is 6.84. The first-order chi connectivity index (χ1) is 10.2. The molecule has 1 fully saturated rings. The van der Waals surface area contributed by atoms with Gasteiger partial charge in [-0.05, 0) is 37.9 Å².